The molecule has 0 bridgehead atoms. The number of carbonyl (C=O) groups excluding carboxylic acids is 2. The van der Waals surface area contributed by atoms with E-state index in [0.717, 1.165) is 11.8 Å². The normalized spacial score (nSPS) is 11.5. The molecule has 0 aliphatic rings. The number of aliphatic hydroxyl groups is 1. The standard InChI is InChI=1S/C42H50N6O10S/c1-42(2,3)27-23-33(47-59(6,52)53)39(55-5)35(24-27)48(41(43)51)34-13-14-36(31-10-8-7-9-30(31)34)58-29-15-16-44-38(26-29)46-28-11-12-32(37(25-28)54-4)40(50)45-17-19-56-21-22-57-20-18-49/h7-16,23-26,47,49H,17-22H2,1-6H3,(H2,43,51)(H,44,46)(H,45,50). The molecular weight excluding hydrogens is 781 g/mol. The molecule has 0 fully saturated rings. The number of nitrogens with two attached hydrogens (primary N) is 1. The van der Waals surface area contributed by atoms with E-state index in [4.69, 9.17) is 34.5 Å². The lowest BCUT2D eigenvalue weighted by Gasteiger charge is -2.29. The van der Waals surface area contributed by atoms with Crippen molar-refractivity contribution >= 4 is 61.3 Å². The summed E-state index contributed by atoms with van der Waals surface area (Å²) in [7, 11) is -0.862. The number of nitrogens with one attached hydrogen (secondary N) is 3. The number of aliphatic hydroxyl groups excluding tert-OH is 1. The zero-order valence-corrected chi connectivity index (χ0v) is 34.6. The second kappa shape index (κ2) is 19.5. The second-order valence-corrected chi connectivity index (χ2v) is 16.0. The number of aromatic nitrogens is 1. The molecule has 0 aliphatic carbocycles. The molecule has 6 N–H and O–H groups in total. The van der Waals surface area contributed by atoms with Crippen molar-refractivity contribution in [2.24, 2.45) is 5.73 Å². The van der Waals surface area contributed by atoms with E-state index >= 15 is 0 Å². The third-order valence-corrected chi connectivity index (χ3v) is 9.41. The first-order valence-electron chi connectivity index (χ1n) is 18.6. The number of methoxy groups -OCH3 is 2. The molecule has 5 rings (SSSR count). The molecule has 0 radical (unpaired) electrons. The molecular formula is C42H50N6O10S. The highest BCUT2D eigenvalue weighted by molar-refractivity contribution is 7.92. The van der Waals surface area contributed by atoms with Crippen LogP contribution in [-0.2, 0) is 24.9 Å². The first kappa shape index (κ1) is 44.0. The molecule has 0 saturated heterocycles. The van der Waals surface area contributed by atoms with Crippen LogP contribution in [0.4, 0.5) is 33.4 Å². The van der Waals surface area contributed by atoms with Crippen molar-refractivity contribution in [3.05, 3.63) is 96.2 Å². The zero-order valence-electron chi connectivity index (χ0n) is 33.8. The maximum Gasteiger partial charge on any atom is 0.324 e. The Morgan fingerprint density at radius 1 is 0.847 bits per heavy atom. The largest absolute Gasteiger partial charge is 0.496 e. The van der Waals surface area contributed by atoms with Crippen LogP contribution in [0.15, 0.2) is 85.1 Å². The average molecular weight is 831 g/mol. The minimum Gasteiger partial charge on any atom is -0.496 e. The molecule has 0 aliphatic heterocycles. The highest BCUT2D eigenvalue weighted by Crippen LogP contribution is 2.46. The molecule has 59 heavy (non-hydrogen) atoms. The monoisotopic (exact) mass is 830 g/mol. The Balaban J connectivity index is 1.39. The van der Waals surface area contributed by atoms with E-state index in [9.17, 15) is 18.0 Å². The van der Waals surface area contributed by atoms with Gasteiger partial charge in [-0.2, -0.15) is 0 Å². The average Bonchev–Trinajstić information content (AvgIpc) is 3.18. The van der Waals surface area contributed by atoms with Gasteiger partial charge in [-0.15, -0.1) is 0 Å². The Bertz CT molecular complexity index is 2390. The number of nitrogens with zero attached hydrogens (tertiary/aromatic N) is 2. The number of anilines is 5. The first-order valence-corrected chi connectivity index (χ1v) is 20.5. The molecule has 0 spiro atoms. The molecule has 1 heterocycles. The fourth-order valence-electron chi connectivity index (χ4n) is 6.10. The predicted octanol–water partition coefficient (Wildman–Crippen LogP) is 6.43. The minimum atomic E-state index is -3.73. The van der Waals surface area contributed by atoms with Crippen LogP contribution < -0.4 is 40.2 Å². The summed E-state index contributed by atoms with van der Waals surface area (Å²) < 4.78 is 55.5. The number of primary amides is 1. The fourth-order valence-corrected chi connectivity index (χ4v) is 6.65. The van der Waals surface area contributed by atoms with Crippen LogP contribution in [0.2, 0.25) is 0 Å². The summed E-state index contributed by atoms with van der Waals surface area (Å²) in [6.45, 7) is 7.37. The summed E-state index contributed by atoms with van der Waals surface area (Å²) in [5, 5.41) is 16.1. The van der Waals surface area contributed by atoms with Crippen molar-refractivity contribution < 1.29 is 46.8 Å². The number of carbonyl (C=O) groups is 2. The molecule has 0 unspecified atom stereocenters. The topological polar surface area (TPSA) is 213 Å². The van der Waals surface area contributed by atoms with Crippen molar-refractivity contribution in [2.75, 3.05) is 75.0 Å². The van der Waals surface area contributed by atoms with Gasteiger partial charge in [0.05, 0.1) is 76.1 Å². The number of ether oxygens (including phenoxy) is 5. The molecule has 0 atom stereocenters. The molecule has 314 valence electrons. The van der Waals surface area contributed by atoms with E-state index in [1.165, 1.54) is 19.1 Å². The van der Waals surface area contributed by atoms with Crippen LogP contribution in [0.1, 0.15) is 36.7 Å². The molecule has 17 heteroatoms. The number of pyridine rings is 1. The zero-order chi connectivity index (χ0) is 42.7. The van der Waals surface area contributed by atoms with E-state index in [2.05, 4.69) is 20.3 Å². The van der Waals surface area contributed by atoms with E-state index < -0.39 is 21.5 Å². The Hall–Kier alpha value is -6.14. The second-order valence-electron chi connectivity index (χ2n) is 14.2. The van der Waals surface area contributed by atoms with Gasteiger partial charge in [0, 0.05) is 41.3 Å². The van der Waals surface area contributed by atoms with Crippen LogP contribution >= 0.6 is 0 Å². The highest BCUT2D eigenvalue weighted by atomic mass is 32.2. The van der Waals surface area contributed by atoms with Crippen LogP contribution in [0.5, 0.6) is 23.0 Å². The lowest BCUT2D eigenvalue weighted by atomic mass is 9.86. The van der Waals surface area contributed by atoms with Gasteiger partial charge in [-0.05, 0) is 53.4 Å². The maximum atomic E-state index is 13.4. The van der Waals surface area contributed by atoms with Gasteiger partial charge in [0.1, 0.15) is 23.1 Å². The summed E-state index contributed by atoms with van der Waals surface area (Å²) in [6.07, 6.45) is 2.62. The van der Waals surface area contributed by atoms with Crippen molar-refractivity contribution in [3.8, 4) is 23.0 Å². The van der Waals surface area contributed by atoms with Crippen LogP contribution in [0.25, 0.3) is 10.8 Å². The highest BCUT2D eigenvalue weighted by Gasteiger charge is 2.28. The smallest absolute Gasteiger partial charge is 0.324 e. The quantitative estimate of drug-likeness (QED) is 0.0570. The Kier molecular flexibility index (Phi) is 14.6. The lowest BCUT2D eigenvalue weighted by molar-refractivity contribution is 0.0338. The number of fused-ring (bicyclic) bond motifs is 1. The van der Waals surface area contributed by atoms with Gasteiger partial charge in [0.15, 0.2) is 5.75 Å². The summed E-state index contributed by atoms with van der Waals surface area (Å²) in [4.78, 5) is 32.0. The Labute approximate surface area is 343 Å². The van der Waals surface area contributed by atoms with Crippen molar-refractivity contribution in [1.29, 1.82) is 0 Å². The SMILES string of the molecule is COc1cc(Nc2cc(Oc3ccc(N(C(N)=O)c4cc(C(C)(C)C)cc(NS(C)(=O)=O)c4OC)c4ccccc34)ccn2)ccc1C(=O)NCCOCCOCCO. The summed E-state index contributed by atoms with van der Waals surface area (Å²) in [5.41, 5.74) is 8.13. The number of benzene rings is 4. The van der Waals surface area contributed by atoms with E-state index in [-0.39, 0.29) is 42.8 Å². The number of sulfonamides is 1. The van der Waals surface area contributed by atoms with Gasteiger partial charge < -0.3 is 45.2 Å². The molecule has 4 aromatic carbocycles. The third kappa shape index (κ3) is 11.5. The van der Waals surface area contributed by atoms with E-state index in [1.54, 1.807) is 60.8 Å². The van der Waals surface area contributed by atoms with Gasteiger partial charge >= 0.3 is 6.03 Å². The minimum absolute atomic E-state index is 0.0513. The van der Waals surface area contributed by atoms with Gasteiger partial charge in [-0.3, -0.25) is 14.4 Å². The number of amides is 3. The molecule has 1 aromatic heterocycles. The fraction of sp³-hybridized carbons (Fsp3) is 0.310. The Morgan fingerprint density at radius 3 is 2.24 bits per heavy atom. The van der Waals surface area contributed by atoms with E-state index in [0.29, 0.717) is 70.6 Å². The predicted molar refractivity (Wildman–Crippen MR) is 227 cm³/mol. The Morgan fingerprint density at radius 2 is 1.58 bits per heavy atom. The summed E-state index contributed by atoms with van der Waals surface area (Å²) in [5.74, 6) is 1.50. The van der Waals surface area contributed by atoms with Gasteiger partial charge in [-0.25, -0.2) is 18.2 Å². The van der Waals surface area contributed by atoms with Gasteiger partial charge in [-0.1, -0.05) is 45.0 Å². The van der Waals surface area contributed by atoms with Crippen LogP contribution in [0.3, 0.4) is 0 Å². The molecule has 3 amide bonds. The van der Waals surface area contributed by atoms with E-state index in [1.807, 2.05) is 45.0 Å². The summed E-state index contributed by atoms with van der Waals surface area (Å²) in [6, 6.07) is 21.8. The number of hydrogen-bond acceptors (Lipinski definition) is 12. The lowest BCUT2D eigenvalue weighted by Crippen LogP contribution is -2.32. The number of rotatable bonds is 19. The number of urea groups is 1. The van der Waals surface area contributed by atoms with Crippen molar-refractivity contribution in [2.45, 2.75) is 26.2 Å². The maximum absolute atomic E-state index is 13.4. The molecule has 16 nitrogen and oxygen atoms in total. The molecule has 5 aromatic rings. The third-order valence-electron chi connectivity index (χ3n) is 8.82. The van der Waals surface area contributed by atoms with Crippen LogP contribution in [0, 0.1) is 0 Å². The first-order chi connectivity index (χ1) is 28.1. The number of hydrogen-bond donors (Lipinski definition) is 5. The van der Waals surface area contributed by atoms with Gasteiger partial charge in [0.25, 0.3) is 5.91 Å². The summed E-state index contributed by atoms with van der Waals surface area (Å²) >= 11 is 0. The van der Waals surface area contributed by atoms with Crippen molar-refractivity contribution in [1.82, 2.24) is 10.3 Å². The van der Waals surface area contributed by atoms with Crippen molar-refractivity contribution in [3.63, 3.8) is 0 Å². The van der Waals surface area contributed by atoms with Gasteiger partial charge in [0.2, 0.25) is 10.0 Å². The molecule has 0 saturated carbocycles. The van der Waals surface area contributed by atoms with Crippen LogP contribution in [-0.4, -0.2) is 90.5 Å².